The summed E-state index contributed by atoms with van der Waals surface area (Å²) >= 11 is 0. The maximum atomic E-state index is 5.13. The molecule has 1 aromatic rings. The summed E-state index contributed by atoms with van der Waals surface area (Å²) in [4.78, 5) is 11.1. The van der Waals surface area contributed by atoms with Gasteiger partial charge in [0.25, 0.3) is 0 Å². The van der Waals surface area contributed by atoms with Gasteiger partial charge in [-0.3, -0.25) is 0 Å². The van der Waals surface area contributed by atoms with Gasteiger partial charge in [0, 0.05) is 47.0 Å². The molecule has 0 fully saturated rings. The molecule has 1 rings (SSSR count). The van der Waals surface area contributed by atoms with Crippen LogP contribution in [0.5, 0.6) is 0 Å². The van der Waals surface area contributed by atoms with E-state index in [4.69, 9.17) is 9.47 Å². The summed E-state index contributed by atoms with van der Waals surface area (Å²) in [6.45, 7) is 5.09. The number of ether oxygens (including phenoxy) is 2. The van der Waals surface area contributed by atoms with Crippen LogP contribution in [0.15, 0.2) is 6.07 Å². The van der Waals surface area contributed by atoms with E-state index >= 15 is 0 Å². The van der Waals surface area contributed by atoms with Gasteiger partial charge < -0.3 is 19.7 Å². The summed E-state index contributed by atoms with van der Waals surface area (Å²) in [6, 6.07) is 1.97. The van der Waals surface area contributed by atoms with Gasteiger partial charge in [0.15, 0.2) is 5.82 Å². The Bertz CT molecular complexity index is 387. The van der Waals surface area contributed by atoms with E-state index in [9.17, 15) is 0 Å². The number of methoxy groups -OCH3 is 2. The van der Waals surface area contributed by atoms with E-state index in [-0.39, 0.29) is 0 Å². The van der Waals surface area contributed by atoms with Gasteiger partial charge in [0.1, 0.15) is 18.2 Å². The van der Waals surface area contributed by atoms with Gasteiger partial charge in [-0.1, -0.05) is 6.92 Å². The van der Waals surface area contributed by atoms with E-state index in [0.717, 1.165) is 44.2 Å². The SMILES string of the molecule is CCCNc1cc(N(C)CCCOC)nc(COC)n1. The number of hydrogen-bond donors (Lipinski definition) is 1. The van der Waals surface area contributed by atoms with Gasteiger partial charge in [-0.05, 0) is 12.8 Å². The third kappa shape index (κ3) is 5.71. The zero-order chi connectivity index (χ0) is 14.8. The summed E-state index contributed by atoms with van der Waals surface area (Å²) in [5, 5.41) is 3.30. The van der Waals surface area contributed by atoms with Crippen LogP contribution in [0.1, 0.15) is 25.6 Å². The van der Waals surface area contributed by atoms with Gasteiger partial charge in [0.05, 0.1) is 0 Å². The zero-order valence-corrected chi connectivity index (χ0v) is 13.0. The van der Waals surface area contributed by atoms with Crippen molar-refractivity contribution in [2.45, 2.75) is 26.4 Å². The molecule has 0 bridgehead atoms. The molecule has 1 heterocycles. The summed E-state index contributed by atoms with van der Waals surface area (Å²) in [5.41, 5.74) is 0. The van der Waals surface area contributed by atoms with E-state index in [1.165, 1.54) is 0 Å². The van der Waals surface area contributed by atoms with Crippen LogP contribution in [-0.4, -0.2) is 50.9 Å². The first-order chi connectivity index (χ1) is 9.71. The number of rotatable bonds is 10. The predicted octanol–water partition coefficient (Wildman–Crippen LogP) is 1.92. The average molecular weight is 282 g/mol. The molecule has 0 aliphatic carbocycles. The van der Waals surface area contributed by atoms with Gasteiger partial charge >= 0.3 is 0 Å². The number of anilines is 2. The number of hydrogen-bond acceptors (Lipinski definition) is 6. The molecule has 0 saturated carbocycles. The van der Waals surface area contributed by atoms with Crippen molar-refractivity contribution in [3.63, 3.8) is 0 Å². The predicted molar refractivity (Wildman–Crippen MR) is 81.3 cm³/mol. The van der Waals surface area contributed by atoms with E-state index in [1.54, 1.807) is 14.2 Å². The average Bonchev–Trinajstić information content (AvgIpc) is 2.45. The number of nitrogens with zero attached hydrogens (tertiary/aromatic N) is 3. The van der Waals surface area contributed by atoms with E-state index in [2.05, 4.69) is 27.1 Å². The third-order valence-corrected chi connectivity index (χ3v) is 2.82. The Hall–Kier alpha value is -1.40. The van der Waals surface area contributed by atoms with Crippen molar-refractivity contribution in [1.82, 2.24) is 9.97 Å². The van der Waals surface area contributed by atoms with Gasteiger partial charge in [0.2, 0.25) is 0 Å². The summed E-state index contributed by atoms with van der Waals surface area (Å²) < 4.78 is 10.2. The van der Waals surface area contributed by atoms with Crippen LogP contribution in [0.4, 0.5) is 11.6 Å². The van der Waals surface area contributed by atoms with Crippen LogP contribution in [0, 0.1) is 0 Å². The maximum absolute atomic E-state index is 5.13. The fourth-order valence-electron chi connectivity index (χ4n) is 1.78. The Morgan fingerprint density at radius 3 is 2.70 bits per heavy atom. The van der Waals surface area contributed by atoms with Gasteiger partial charge in [-0.2, -0.15) is 0 Å². The molecule has 0 aliphatic heterocycles. The quantitative estimate of drug-likeness (QED) is 0.662. The Kier molecular flexibility index (Phi) is 7.91. The topological polar surface area (TPSA) is 59.5 Å². The molecule has 114 valence electrons. The first-order valence-corrected chi connectivity index (χ1v) is 7.02. The molecule has 0 unspecified atom stereocenters. The van der Waals surface area contributed by atoms with Crippen molar-refractivity contribution in [1.29, 1.82) is 0 Å². The Balaban J connectivity index is 2.78. The highest BCUT2D eigenvalue weighted by atomic mass is 16.5. The van der Waals surface area contributed by atoms with Crippen LogP contribution < -0.4 is 10.2 Å². The molecule has 6 nitrogen and oxygen atoms in total. The molecular weight excluding hydrogens is 256 g/mol. The smallest absolute Gasteiger partial charge is 0.158 e. The normalized spacial score (nSPS) is 10.6. The molecule has 0 aromatic carbocycles. The zero-order valence-electron chi connectivity index (χ0n) is 13.0. The fraction of sp³-hybridized carbons (Fsp3) is 0.714. The fourth-order valence-corrected chi connectivity index (χ4v) is 1.78. The van der Waals surface area contributed by atoms with Crippen LogP contribution in [-0.2, 0) is 16.1 Å². The Morgan fingerprint density at radius 1 is 1.25 bits per heavy atom. The first kappa shape index (κ1) is 16.7. The van der Waals surface area contributed by atoms with Crippen molar-refractivity contribution in [3.05, 3.63) is 11.9 Å². The van der Waals surface area contributed by atoms with Gasteiger partial charge in [-0.15, -0.1) is 0 Å². The second kappa shape index (κ2) is 9.50. The highest BCUT2D eigenvalue weighted by Gasteiger charge is 2.08. The monoisotopic (exact) mass is 282 g/mol. The molecule has 1 N–H and O–H groups in total. The molecule has 1 aromatic heterocycles. The highest BCUT2D eigenvalue weighted by Crippen LogP contribution is 2.15. The lowest BCUT2D eigenvalue weighted by molar-refractivity contribution is 0.178. The molecule has 0 amide bonds. The lowest BCUT2D eigenvalue weighted by Gasteiger charge is -2.19. The standard InChI is InChI=1S/C14H26N4O2/c1-5-7-15-12-10-14(17-13(16-12)11-20-4)18(2)8-6-9-19-3/h10H,5-9,11H2,1-4H3,(H,15,16,17). The lowest BCUT2D eigenvalue weighted by Crippen LogP contribution is -2.22. The minimum atomic E-state index is 0.417. The second-order valence-corrected chi connectivity index (χ2v) is 4.66. The molecule has 0 aliphatic rings. The molecule has 0 saturated heterocycles. The highest BCUT2D eigenvalue weighted by molar-refractivity contribution is 5.48. The summed E-state index contributed by atoms with van der Waals surface area (Å²) in [7, 11) is 5.39. The van der Waals surface area contributed by atoms with Crippen molar-refractivity contribution in [3.8, 4) is 0 Å². The van der Waals surface area contributed by atoms with E-state index in [1.807, 2.05) is 13.1 Å². The molecular formula is C14H26N4O2. The van der Waals surface area contributed by atoms with Crippen molar-refractivity contribution in [2.75, 3.05) is 51.2 Å². The van der Waals surface area contributed by atoms with Crippen LogP contribution in [0.3, 0.4) is 0 Å². The van der Waals surface area contributed by atoms with Crippen molar-refractivity contribution < 1.29 is 9.47 Å². The molecule has 0 radical (unpaired) electrons. The van der Waals surface area contributed by atoms with E-state index < -0.39 is 0 Å². The Morgan fingerprint density at radius 2 is 2.05 bits per heavy atom. The van der Waals surface area contributed by atoms with Crippen LogP contribution >= 0.6 is 0 Å². The Labute approximate surface area is 121 Å². The third-order valence-electron chi connectivity index (χ3n) is 2.82. The van der Waals surface area contributed by atoms with E-state index in [0.29, 0.717) is 12.4 Å². The maximum Gasteiger partial charge on any atom is 0.158 e. The van der Waals surface area contributed by atoms with Gasteiger partial charge in [-0.25, -0.2) is 9.97 Å². The van der Waals surface area contributed by atoms with Crippen LogP contribution in [0.2, 0.25) is 0 Å². The van der Waals surface area contributed by atoms with Crippen molar-refractivity contribution in [2.24, 2.45) is 0 Å². The largest absolute Gasteiger partial charge is 0.385 e. The summed E-state index contributed by atoms with van der Waals surface area (Å²) in [6.07, 6.45) is 2.02. The minimum absolute atomic E-state index is 0.417. The molecule has 6 heteroatoms. The molecule has 0 atom stereocenters. The summed E-state index contributed by atoms with van der Waals surface area (Å²) in [5.74, 6) is 2.45. The lowest BCUT2D eigenvalue weighted by atomic mass is 10.4. The minimum Gasteiger partial charge on any atom is -0.385 e. The number of aromatic nitrogens is 2. The molecule has 0 spiro atoms. The molecule has 20 heavy (non-hydrogen) atoms. The second-order valence-electron chi connectivity index (χ2n) is 4.66. The van der Waals surface area contributed by atoms with Crippen molar-refractivity contribution >= 4 is 11.6 Å². The van der Waals surface area contributed by atoms with Crippen LogP contribution in [0.25, 0.3) is 0 Å². The number of nitrogens with one attached hydrogen (secondary N) is 1. The first-order valence-electron chi connectivity index (χ1n) is 7.02.